The molecule has 144 valence electrons. The molecule has 1 atom stereocenters. The standard InChI is InChI=1S/C21H25F2N3O/c1-16(21(27)24-20-15-18(22)7-8-19(20)23)26-13-11-25(12-14-26)10-9-17-5-3-2-4-6-17/h2-8,15-16H,9-14H2,1H3,(H,24,27)/t16-/m0/s1. The van der Waals surface area contributed by atoms with E-state index in [0.29, 0.717) is 0 Å². The van der Waals surface area contributed by atoms with Gasteiger partial charge in [0.05, 0.1) is 11.7 Å². The van der Waals surface area contributed by atoms with Crippen LogP contribution in [0.1, 0.15) is 12.5 Å². The molecular formula is C21H25F2N3O. The molecule has 0 radical (unpaired) electrons. The Balaban J connectivity index is 1.47. The van der Waals surface area contributed by atoms with Crippen molar-refractivity contribution >= 4 is 11.6 Å². The van der Waals surface area contributed by atoms with Crippen LogP contribution in [-0.4, -0.2) is 54.5 Å². The first-order valence-electron chi connectivity index (χ1n) is 9.29. The predicted octanol–water partition coefficient (Wildman–Crippen LogP) is 3.15. The number of nitrogens with zero attached hydrogens (tertiary/aromatic N) is 2. The van der Waals surface area contributed by atoms with Gasteiger partial charge in [-0.05, 0) is 31.0 Å². The van der Waals surface area contributed by atoms with Gasteiger partial charge in [0.15, 0.2) is 0 Å². The van der Waals surface area contributed by atoms with Crippen LogP contribution >= 0.6 is 0 Å². The van der Waals surface area contributed by atoms with E-state index in [1.807, 2.05) is 6.07 Å². The summed E-state index contributed by atoms with van der Waals surface area (Å²) in [6.07, 6.45) is 1.01. The van der Waals surface area contributed by atoms with Crippen molar-refractivity contribution in [2.75, 3.05) is 38.0 Å². The monoisotopic (exact) mass is 373 g/mol. The van der Waals surface area contributed by atoms with E-state index in [1.54, 1.807) is 6.92 Å². The van der Waals surface area contributed by atoms with Gasteiger partial charge in [-0.2, -0.15) is 0 Å². The Bertz CT molecular complexity index is 761. The minimum atomic E-state index is -0.636. The number of hydrogen-bond donors (Lipinski definition) is 1. The molecule has 0 aliphatic carbocycles. The highest BCUT2D eigenvalue weighted by Gasteiger charge is 2.26. The zero-order valence-electron chi connectivity index (χ0n) is 15.5. The lowest BCUT2D eigenvalue weighted by molar-refractivity contribution is -0.121. The smallest absolute Gasteiger partial charge is 0.241 e. The van der Waals surface area contributed by atoms with Gasteiger partial charge in [0.25, 0.3) is 0 Å². The van der Waals surface area contributed by atoms with E-state index in [0.717, 1.165) is 57.3 Å². The number of carbonyl (C=O) groups excluding carboxylic acids is 1. The molecular weight excluding hydrogens is 348 g/mol. The molecule has 1 aliphatic rings. The lowest BCUT2D eigenvalue weighted by atomic mass is 10.1. The van der Waals surface area contributed by atoms with Crippen LogP contribution in [0.3, 0.4) is 0 Å². The van der Waals surface area contributed by atoms with Crippen molar-refractivity contribution in [3.63, 3.8) is 0 Å². The van der Waals surface area contributed by atoms with Crippen LogP contribution in [0.2, 0.25) is 0 Å². The van der Waals surface area contributed by atoms with Crippen molar-refractivity contribution < 1.29 is 13.6 Å². The summed E-state index contributed by atoms with van der Waals surface area (Å²) in [6.45, 7) is 6.11. The molecule has 3 rings (SSSR count). The SMILES string of the molecule is C[C@@H](C(=O)Nc1cc(F)ccc1F)N1CCN(CCc2ccccc2)CC1. The van der Waals surface area contributed by atoms with Crippen LogP contribution in [-0.2, 0) is 11.2 Å². The fourth-order valence-electron chi connectivity index (χ4n) is 3.30. The van der Waals surface area contributed by atoms with Gasteiger partial charge in [0.1, 0.15) is 11.6 Å². The summed E-state index contributed by atoms with van der Waals surface area (Å²) in [6, 6.07) is 13.0. The number of anilines is 1. The summed E-state index contributed by atoms with van der Waals surface area (Å²) in [4.78, 5) is 16.9. The minimum Gasteiger partial charge on any atom is -0.322 e. The molecule has 0 aromatic heterocycles. The van der Waals surface area contributed by atoms with Gasteiger partial charge in [-0.1, -0.05) is 30.3 Å². The predicted molar refractivity (Wildman–Crippen MR) is 103 cm³/mol. The van der Waals surface area contributed by atoms with Gasteiger partial charge in [-0.15, -0.1) is 0 Å². The molecule has 0 unspecified atom stereocenters. The minimum absolute atomic E-state index is 0.117. The number of hydrogen-bond acceptors (Lipinski definition) is 3. The molecule has 1 fully saturated rings. The summed E-state index contributed by atoms with van der Waals surface area (Å²) in [5.74, 6) is -1.54. The summed E-state index contributed by atoms with van der Waals surface area (Å²) >= 11 is 0. The summed E-state index contributed by atoms with van der Waals surface area (Å²) in [5.41, 5.74) is 1.21. The summed E-state index contributed by atoms with van der Waals surface area (Å²) in [7, 11) is 0. The molecule has 27 heavy (non-hydrogen) atoms. The maximum atomic E-state index is 13.7. The maximum Gasteiger partial charge on any atom is 0.241 e. The number of halogens is 2. The zero-order valence-corrected chi connectivity index (χ0v) is 15.5. The first-order chi connectivity index (χ1) is 13.0. The summed E-state index contributed by atoms with van der Waals surface area (Å²) < 4.78 is 27.0. The van der Waals surface area contributed by atoms with Crippen LogP contribution in [0.4, 0.5) is 14.5 Å². The molecule has 4 nitrogen and oxygen atoms in total. The second-order valence-electron chi connectivity index (χ2n) is 6.90. The molecule has 1 N–H and O–H groups in total. The molecule has 2 aromatic carbocycles. The van der Waals surface area contributed by atoms with Crippen LogP contribution in [0.15, 0.2) is 48.5 Å². The van der Waals surface area contributed by atoms with Crippen molar-refractivity contribution in [3.8, 4) is 0 Å². The van der Waals surface area contributed by atoms with Crippen molar-refractivity contribution in [1.29, 1.82) is 0 Å². The Morgan fingerprint density at radius 2 is 1.78 bits per heavy atom. The lowest BCUT2D eigenvalue weighted by Crippen LogP contribution is -2.53. The maximum absolute atomic E-state index is 13.7. The zero-order chi connectivity index (χ0) is 19.2. The second-order valence-corrected chi connectivity index (χ2v) is 6.90. The van der Waals surface area contributed by atoms with Gasteiger partial charge >= 0.3 is 0 Å². The van der Waals surface area contributed by atoms with Crippen LogP contribution in [0.25, 0.3) is 0 Å². The Morgan fingerprint density at radius 3 is 2.48 bits per heavy atom. The summed E-state index contributed by atoms with van der Waals surface area (Å²) in [5, 5.41) is 2.50. The molecule has 1 amide bonds. The Labute approximate surface area is 158 Å². The number of carbonyl (C=O) groups is 1. The molecule has 0 spiro atoms. The first kappa shape index (κ1) is 19.5. The van der Waals surface area contributed by atoms with Crippen molar-refractivity contribution in [2.24, 2.45) is 0 Å². The van der Waals surface area contributed by atoms with Crippen molar-refractivity contribution in [2.45, 2.75) is 19.4 Å². The molecule has 6 heteroatoms. The van der Waals surface area contributed by atoms with Gasteiger partial charge < -0.3 is 10.2 Å². The third-order valence-electron chi connectivity index (χ3n) is 5.08. The topological polar surface area (TPSA) is 35.6 Å². The van der Waals surface area contributed by atoms with Gasteiger partial charge in [-0.3, -0.25) is 9.69 Å². The highest BCUT2D eigenvalue weighted by atomic mass is 19.1. The first-order valence-corrected chi connectivity index (χ1v) is 9.29. The lowest BCUT2D eigenvalue weighted by Gasteiger charge is -2.37. The van der Waals surface area contributed by atoms with Crippen LogP contribution < -0.4 is 5.32 Å². The highest BCUT2D eigenvalue weighted by Crippen LogP contribution is 2.17. The van der Waals surface area contributed by atoms with Crippen LogP contribution in [0.5, 0.6) is 0 Å². The quantitative estimate of drug-likeness (QED) is 0.845. The Hall–Kier alpha value is -2.31. The third kappa shape index (κ3) is 5.34. The van der Waals surface area contributed by atoms with E-state index in [9.17, 15) is 13.6 Å². The number of rotatable bonds is 6. The van der Waals surface area contributed by atoms with E-state index in [2.05, 4.69) is 39.4 Å². The van der Waals surface area contributed by atoms with E-state index in [1.165, 1.54) is 5.56 Å². The van der Waals surface area contributed by atoms with Gasteiger partial charge in [-0.25, -0.2) is 8.78 Å². The largest absolute Gasteiger partial charge is 0.322 e. The number of benzene rings is 2. The Morgan fingerprint density at radius 1 is 1.07 bits per heavy atom. The molecule has 1 saturated heterocycles. The second kappa shape index (κ2) is 9.06. The van der Waals surface area contributed by atoms with E-state index in [4.69, 9.17) is 0 Å². The molecule has 0 bridgehead atoms. The molecule has 1 aliphatic heterocycles. The number of nitrogens with one attached hydrogen (secondary N) is 1. The average molecular weight is 373 g/mol. The van der Waals surface area contributed by atoms with E-state index >= 15 is 0 Å². The highest BCUT2D eigenvalue weighted by molar-refractivity contribution is 5.94. The number of piperazine rings is 1. The Kier molecular flexibility index (Phi) is 6.53. The van der Waals surface area contributed by atoms with Gasteiger partial charge in [0, 0.05) is 38.8 Å². The van der Waals surface area contributed by atoms with Crippen molar-refractivity contribution in [1.82, 2.24) is 9.80 Å². The average Bonchev–Trinajstić information content (AvgIpc) is 2.70. The molecule has 1 heterocycles. The van der Waals surface area contributed by atoms with E-state index in [-0.39, 0.29) is 11.6 Å². The fourth-order valence-corrected chi connectivity index (χ4v) is 3.30. The molecule has 2 aromatic rings. The van der Waals surface area contributed by atoms with Crippen molar-refractivity contribution in [3.05, 3.63) is 65.7 Å². The molecule has 0 saturated carbocycles. The number of amides is 1. The fraction of sp³-hybridized carbons (Fsp3) is 0.381. The van der Waals surface area contributed by atoms with Crippen LogP contribution in [0, 0.1) is 11.6 Å². The van der Waals surface area contributed by atoms with Gasteiger partial charge in [0.2, 0.25) is 5.91 Å². The normalized spacial score (nSPS) is 16.9. The third-order valence-corrected chi connectivity index (χ3v) is 5.08. The van der Waals surface area contributed by atoms with E-state index < -0.39 is 17.7 Å².